The van der Waals surface area contributed by atoms with E-state index in [1.165, 1.54) is 18.7 Å². The predicted molar refractivity (Wildman–Crippen MR) is 78.7 cm³/mol. The molecule has 2 aromatic carbocycles. The van der Waals surface area contributed by atoms with Crippen LogP contribution in [0, 0.1) is 6.92 Å². The smallest absolute Gasteiger partial charge is 0.330 e. The van der Waals surface area contributed by atoms with Gasteiger partial charge < -0.3 is 9.47 Å². The van der Waals surface area contributed by atoms with Crippen molar-refractivity contribution >= 4 is 12.0 Å². The summed E-state index contributed by atoms with van der Waals surface area (Å²) in [5.74, 6) is 1.13. The fraction of sp³-hybridized carbons (Fsp3) is 0.118. The highest BCUT2D eigenvalue weighted by atomic mass is 16.5. The summed E-state index contributed by atoms with van der Waals surface area (Å²) < 4.78 is 10.3. The lowest BCUT2D eigenvalue weighted by Crippen LogP contribution is -1.93. The minimum Gasteiger partial charge on any atom is -0.466 e. The average Bonchev–Trinajstić information content (AvgIpc) is 2.47. The Morgan fingerprint density at radius 2 is 1.80 bits per heavy atom. The van der Waals surface area contributed by atoms with E-state index < -0.39 is 0 Å². The van der Waals surface area contributed by atoms with Crippen molar-refractivity contribution in [2.24, 2.45) is 0 Å². The van der Waals surface area contributed by atoms with Gasteiger partial charge in [0.2, 0.25) is 0 Å². The fourth-order valence-electron chi connectivity index (χ4n) is 1.66. The molecule has 20 heavy (non-hydrogen) atoms. The summed E-state index contributed by atoms with van der Waals surface area (Å²) in [6, 6.07) is 15.3. The highest BCUT2D eigenvalue weighted by Gasteiger charge is 1.98. The SMILES string of the molecule is COC(=O)/C=C/c1cccc(Oc2ccc(C)cc2)c1. The molecule has 0 spiro atoms. The molecule has 0 heterocycles. The number of esters is 1. The molecule has 0 fully saturated rings. The van der Waals surface area contributed by atoms with Crippen LogP contribution in [0.25, 0.3) is 6.08 Å². The highest BCUT2D eigenvalue weighted by molar-refractivity contribution is 5.86. The lowest BCUT2D eigenvalue weighted by Gasteiger charge is -2.06. The maximum Gasteiger partial charge on any atom is 0.330 e. The third-order valence-electron chi connectivity index (χ3n) is 2.73. The van der Waals surface area contributed by atoms with E-state index >= 15 is 0 Å². The minimum absolute atomic E-state index is 0.380. The third-order valence-corrected chi connectivity index (χ3v) is 2.73. The predicted octanol–water partition coefficient (Wildman–Crippen LogP) is 3.97. The molecule has 0 radical (unpaired) electrons. The summed E-state index contributed by atoms with van der Waals surface area (Å²) in [4.78, 5) is 11.1. The van der Waals surface area contributed by atoms with Gasteiger partial charge in [-0.15, -0.1) is 0 Å². The van der Waals surface area contributed by atoms with Gasteiger partial charge in [0.25, 0.3) is 0 Å². The van der Waals surface area contributed by atoms with E-state index in [1.54, 1.807) is 6.08 Å². The van der Waals surface area contributed by atoms with Crippen LogP contribution < -0.4 is 4.74 Å². The molecule has 3 heteroatoms. The second kappa shape index (κ2) is 6.57. The van der Waals surface area contributed by atoms with Crippen LogP contribution in [0.5, 0.6) is 11.5 Å². The van der Waals surface area contributed by atoms with Gasteiger partial charge in [0.1, 0.15) is 11.5 Å². The number of aryl methyl sites for hydroxylation is 1. The van der Waals surface area contributed by atoms with Gasteiger partial charge in [0, 0.05) is 6.08 Å². The number of ether oxygens (including phenoxy) is 2. The van der Waals surface area contributed by atoms with Gasteiger partial charge in [-0.05, 0) is 42.8 Å². The Balaban J connectivity index is 2.11. The van der Waals surface area contributed by atoms with E-state index in [0.29, 0.717) is 0 Å². The van der Waals surface area contributed by atoms with Crippen LogP contribution >= 0.6 is 0 Å². The number of hydrogen-bond donors (Lipinski definition) is 0. The van der Waals surface area contributed by atoms with E-state index in [1.807, 2.05) is 55.5 Å². The molecule has 0 N–H and O–H groups in total. The van der Waals surface area contributed by atoms with Crippen molar-refractivity contribution in [2.45, 2.75) is 6.92 Å². The number of rotatable bonds is 4. The molecule has 0 aliphatic rings. The van der Waals surface area contributed by atoms with Crippen LogP contribution in [0.1, 0.15) is 11.1 Å². The molecular formula is C17H16O3. The first-order valence-corrected chi connectivity index (χ1v) is 6.28. The van der Waals surface area contributed by atoms with Gasteiger partial charge >= 0.3 is 5.97 Å². The largest absolute Gasteiger partial charge is 0.466 e. The molecule has 0 aliphatic carbocycles. The molecule has 0 saturated heterocycles. The molecule has 102 valence electrons. The molecule has 3 nitrogen and oxygen atoms in total. The van der Waals surface area contributed by atoms with Crippen LogP contribution in [0.3, 0.4) is 0 Å². The summed E-state index contributed by atoms with van der Waals surface area (Å²) in [5.41, 5.74) is 2.06. The molecule has 0 amide bonds. The summed E-state index contributed by atoms with van der Waals surface area (Å²) in [7, 11) is 1.35. The standard InChI is InChI=1S/C17H16O3/c1-13-6-9-15(10-7-13)20-16-5-3-4-14(12-16)8-11-17(18)19-2/h3-12H,1-2H3/b11-8+. The third kappa shape index (κ3) is 3.99. The quantitative estimate of drug-likeness (QED) is 0.621. The summed E-state index contributed by atoms with van der Waals surface area (Å²) in [6.45, 7) is 2.03. The Hall–Kier alpha value is -2.55. The molecule has 0 aliphatic heterocycles. The summed E-state index contributed by atoms with van der Waals surface area (Å²) in [5, 5.41) is 0. The highest BCUT2D eigenvalue weighted by Crippen LogP contribution is 2.22. The van der Waals surface area contributed by atoms with Crippen LogP contribution in [0.2, 0.25) is 0 Å². The number of carbonyl (C=O) groups excluding carboxylic acids is 1. The monoisotopic (exact) mass is 268 g/mol. The Bertz CT molecular complexity index is 612. The molecule has 0 unspecified atom stereocenters. The van der Waals surface area contributed by atoms with Gasteiger partial charge in [-0.2, -0.15) is 0 Å². The van der Waals surface area contributed by atoms with Gasteiger partial charge in [0.05, 0.1) is 7.11 Å². The first kappa shape index (κ1) is 13.9. The number of benzene rings is 2. The van der Waals surface area contributed by atoms with Crippen molar-refractivity contribution in [1.29, 1.82) is 0 Å². The Morgan fingerprint density at radius 1 is 1.05 bits per heavy atom. The van der Waals surface area contributed by atoms with Crippen molar-refractivity contribution in [3.8, 4) is 11.5 Å². The molecule has 2 aromatic rings. The summed E-state index contributed by atoms with van der Waals surface area (Å²) >= 11 is 0. The maximum atomic E-state index is 11.1. The van der Waals surface area contributed by atoms with E-state index in [4.69, 9.17) is 4.74 Å². The molecule has 0 saturated carbocycles. The van der Waals surface area contributed by atoms with E-state index in [2.05, 4.69) is 4.74 Å². The number of carbonyl (C=O) groups is 1. The first-order chi connectivity index (χ1) is 9.67. The van der Waals surface area contributed by atoms with Crippen LogP contribution in [-0.4, -0.2) is 13.1 Å². The second-order valence-electron chi connectivity index (χ2n) is 4.34. The van der Waals surface area contributed by atoms with E-state index in [9.17, 15) is 4.79 Å². The zero-order valence-corrected chi connectivity index (χ0v) is 11.5. The van der Waals surface area contributed by atoms with E-state index in [0.717, 1.165) is 17.1 Å². The minimum atomic E-state index is -0.380. The van der Waals surface area contributed by atoms with Gasteiger partial charge in [-0.25, -0.2) is 4.79 Å². The van der Waals surface area contributed by atoms with Crippen LogP contribution in [-0.2, 0) is 9.53 Å². The lowest BCUT2D eigenvalue weighted by atomic mass is 10.2. The Morgan fingerprint density at radius 3 is 2.50 bits per heavy atom. The van der Waals surface area contributed by atoms with Crippen molar-refractivity contribution < 1.29 is 14.3 Å². The van der Waals surface area contributed by atoms with Crippen LogP contribution in [0.4, 0.5) is 0 Å². The fourth-order valence-corrected chi connectivity index (χ4v) is 1.66. The average molecular weight is 268 g/mol. The van der Waals surface area contributed by atoms with Crippen molar-refractivity contribution in [3.05, 3.63) is 65.7 Å². The van der Waals surface area contributed by atoms with Crippen molar-refractivity contribution in [1.82, 2.24) is 0 Å². The van der Waals surface area contributed by atoms with Crippen LogP contribution in [0.15, 0.2) is 54.6 Å². The zero-order valence-electron chi connectivity index (χ0n) is 11.5. The first-order valence-electron chi connectivity index (χ1n) is 6.28. The van der Waals surface area contributed by atoms with Crippen molar-refractivity contribution in [3.63, 3.8) is 0 Å². The van der Waals surface area contributed by atoms with Gasteiger partial charge in [-0.3, -0.25) is 0 Å². The molecule has 0 atom stereocenters. The number of methoxy groups -OCH3 is 1. The Kier molecular flexibility index (Phi) is 4.56. The van der Waals surface area contributed by atoms with Gasteiger partial charge in [0.15, 0.2) is 0 Å². The van der Waals surface area contributed by atoms with Gasteiger partial charge in [-0.1, -0.05) is 29.8 Å². The Labute approximate surface area is 118 Å². The number of hydrogen-bond acceptors (Lipinski definition) is 3. The van der Waals surface area contributed by atoms with E-state index in [-0.39, 0.29) is 5.97 Å². The molecule has 2 rings (SSSR count). The zero-order chi connectivity index (χ0) is 14.4. The topological polar surface area (TPSA) is 35.5 Å². The maximum absolute atomic E-state index is 11.1. The summed E-state index contributed by atoms with van der Waals surface area (Å²) in [6.07, 6.45) is 3.07. The molecule has 0 bridgehead atoms. The lowest BCUT2D eigenvalue weighted by molar-refractivity contribution is -0.134. The second-order valence-corrected chi connectivity index (χ2v) is 4.34. The van der Waals surface area contributed by atoms with Crippen molar-refractivity contribution in [2.75, 3.05) is 7.11 Å². The molecular weight excluding hydrogens is 252 g/mol. The molecule has 0 aromatic heterocycles. The normalized spacial score (nSPS) is 10.5.